The summed E-state index contributed by atoms with van der Waals surface area (Å²) in [5.74, 6) is 0.223. The molecular formula is C15H19NO. The normalized spacial score (nSPS) is 17.4. The Hall–Kier alpha value is -1.41. The number of allylic oxidation sites excluding steroid dienone is 2. The van der Waals surface area contributed by atoms with Crippen molar-refractivity contribution in [3.63, 3.8) is 0 Å². The van der Waals surface area contributed by atoms with Crippen molar-refractivity contribution < 1.29 is 4.79 Å². The highest BCUT2D eigenvalue weighted by molar-refractivity contribution is 5.95. The second kappa shape index (κ2) is 5.78. The van der Waals surface area contributed by atoms with Gasteiger partial charge in [-0.2, -0.15) is 0 Å². The second-order valence-electron chi connectivity index (χ2n) is 4.62. The van der Waals surface area contributed by atoms with Crippen molar-refractivity contribution in [1.82, 2.24) is 0 Å². The Bertz CT molecular complexity index is 408. The Labute approximate surface area is 103 Å². The minimum Gasteiger partial charge on any atom is -0.324 e. The summed E-state index contributed by atoms with van der Waals surface area (Å²) in [6, 6.07) is 9.66. The Kier molecular flexibility index (Phi) is 4.10. The van der Waals surface area contributed by atoms with Gasteiger partial charge in [0.25, 0.3) is 0 Å². The van der Waals surface area contributed by atoms with Crippen LogP contribution in [0.5, 0.6) is 0 Å². The number of nitrogens with two attached hydrogens (primary N) is 1. The lowest BCUT2D eigenvalue weighted by molar-refractivity contribution is -0.116. The van der Waals surface area contributed by atoms with Crippen LogP contribution in [-0.2, 0) is 4.79 Å². The van der Waals surface area contributed by atoms with Crippen LogP contribution in [0.4, 0.5) is 0 Å². The van der Waals surface area contributed by atoms with Crippen LogP contribution in [0.1, 0.15) is 43.7 Å². The summed E-state index contributed by atoms with van der Waals surface area (Å²) in [6.45, 7) is 0. The van der Waals surface area contributed by atoms with Gasteiger partial charge in [0.15, 0.2) is 5.78 Å². The van der Waals surface area contributed by atoms with Gasteiger partial charge >= 0.3 is 0 Å². The SMILES string of the molecule is NC(CC(=O)C1=CCCCC1)c1ccccc1. The average molecular weight is 229 g/mol. The molecule has 1 aliphatic rings. The first-order valence-electron chi connectivity index (χ1n) is 6.30. The molecule has 1 unspecified atom stereocenters. The molecule has 17 heavy (non-hydrogen) atoms. The third kappa shape index (κ3) is 3.27. The van der Waals surface area contributed by atoms with E-state index in [4.69, 9.17) is 5.73 Å². The predicted molar refractivity (Wildman–Crippen MR) is 69.5 cm³/mol. The summed E-state index contributed by atoms with van der Waals surface area (Å²) in [5, 5.41) is 0. The van der Waals surface area contributed by atoms with Gasteiger partial charge in [0, 0.05) is 12.5 Å². The number of carbonyl (C=O) groups excluding carboxylic acids is 1. The van der Waals surface area contributed by atoms with E-state index < -0.39 is 0 Å². The standard InChI is InChI=1S/C15H19NO/c16-14(12-7-3-1-4-8-12)11-15(17)13-9-5-2-6-10-13/h1,3-4,7-9,14H,2,5-6,10-11,16H2. The van der Waals surface area contributed by atoms with Crippen molar-refractivity contribution in [3.8, 4) is 0 Å². The zero-order valence-electron chi connectivity index (χ0n) is 10.1. The van der Waals surface area contributed by atoms with E-state index in [0.29, 0.717) is 6.42 Å². The predicted octanol–water partition coefficient (Wildman–Crippen LogP) is 3.15. The molecule has 0 amide bonds. The second-order valence-corrected chi connectivity index (χ2v) is 4.62. The van der Waals surface area contributed by atoms with E-state index >= 15 is 0 Å². The molecule has 1 atom stereocenters. The summed E-state index contributed by atoms with van der Waals surface area (Å²) in [6.07, 6.45) is 6.83. The summed E-state index contributed by atoms with van der Waals surface area (Å²) in [5.41, 5.74) is 8.08. The van der Waals surface area contributed by atoms with Crippen LogP contribution in [0.3, 0.4) is 0 Å². The van der Waals surface area contributed by atoms with E-state index in [1.807, 2.05) is 30.3 Å². The van der Waals surface area contributed by atoms with E-state index in [2.05, 4.69) is 6.08 Å². The van der Waals surface area contributed by atoms with Crippen molar-refractivity contribution in [2.45, 2.75) is 38.1 Å². The topological polar surface area (TPSA) is 43.1 Å². The van der Waals surface area contributed by atoms with E-state index in [0.717, 1.165) is 30.4 Å². The summed E-state index contributed by atoms with van der Waals surface area (Å²) >= 11 is 0. The van der Waals surface area contributed by atoms with Gasteiger partial charge in [-0.25, -0.2) is 0 Å². The lowest BCUT2D eigenvalue weighted by Crippen LogP contribution is -2.17. The number of ketones is 1. The molecule has 0 saturated carbocycles. The largest absolute Gasteiger partial charge is 0.324 e. The van der Waals surface area contributed by atoms with Gasteiger partial charge in [0.05, 0.1) is 0 Å². The first-order chi connectivity index (χ1) is 8.27. The number of benzene rings is 1. The van der Waals surface area contributed by atoms with Crippen LogP contribution in [0.2, 0.25) is 0 Å². The third-order valence-corrected chi connectivity index (χ3v) is 3.28. The van der Waals surface area contributed by atoms with Crippen LogP contribution in [0.15, 0.2) is 42.0 Å². The molecule has 1 aliphatic carbocycles. The quantitative estimate of drug-likeness (QED) is 0.861. The molecule has 0 saturated heterocycles. The van der Waals surface area contributed by atoms with Gasteiger partial charge in [0.1, 0.15) is 0 Å². The molecule has 2 N–H and O–H groups in total. The maximum atomic E-state index is 12.0. The molecule has 90 valence electrons. The lowest BCUT2D eigenvalue weighted by Gasteiger charge is -2.15. The van der Waals surface area contributed by atoms with Crippen molar-refractivity contribution >= 4 is 5.78 Å². The van der Waals surface area contributed by atoms with Gasteiger partial charge in [-0.15, -0.1) is 0 Å². The van der Waals surface area contributed by atoms with Crippen LogP contribution in [0, 0.1) is 0 Å². The van der Waals surface area contributed by atoms with Crippen molar-refractivity contribution in [3.05, 3.63) is 47.5 Å². The monoisotopic (exact) mass is 229 g/mol. The van der Waals surface area contributed by atoms with Crippen LogP contribution < -0.4 is 5.73 Å². The number of Topliss-reactive ketones (excluding diaryl/α,β-unsaturated/α-hetero) is 1. The Morgan fingerprint density at radius 2 is 2.00 bits per heavy atom. The summed E-state index contributed by atoms with van der Waals surface area (Å²) in [4.78, 5) is 12.0. The highest BCUT2D eigenvalue weighted by Gasteiger charge is 2.16. The van der Waals surface area contributed by atoms with Crippen LogP contribution in [-0.4, -0.2) is 5.78 Å². The smallest absolute Gasteiger partial charge is 0.160 e. The fourth-order valence-electron chi connectivity index (χ4n) is 2.24. The van der Waals surface area contributed by atoms with Gasteiger partial charge in [-0.05, 0) is 36.8 Å². The van der Waals surface area contributed by atoms with Crippen molar-refractivity contribution in [2.75, 3.05) is 0 Å². The molecule has 1 aromatic rings. The highest BCUT2D eigenvalue weighted by Crippen LogP contribution is 2.22. The Morgan fingerprint density at radius 3 is 2.65 bits per heavy atom. The van der Waals surface area contributed by atoms with E-state index in [9.17, 15) is 4.79 Å². The van der Waals surface area contributed by atoms with Gasteiger partial charge < -0.3 is 5.73 Å². The number of hydrogen-bond acceptors (Lipinski definition) is 2. The zero-order chi connectivity index (χ0) is 12.1. The Balaban J connectivity index is 1.97. The van der Waals surface area contributed by atoms with Crippen molar-refractivity contribution in [2.24, 2.45) is 5.73 Å². The molecule has 0 fully saturated rings. The van der Waals surface area contributed by atoms with E-state index in [-0.39, 0.29) is 11.8 Å². The summed E-state index contributed by atoms with van der Waals surface area (Å²) < 4.78 is 0. The first kappa shape index (κ1) is 12.1. The molecule has 0 heterocycles. The minimum atomic E-state index is -0.175. The number of hydrogen-bond donors (Lipinski definition) is 1. The fourth-order valence-corrected chi connectivity index (χ4v) is 2.24. The van der Waals surface area contributed by atoms with Gasteiger partial charge in [-0.1, -0.05) is 36.4 Å². The van der Waals surface area contributed by atoms with Gasteiger partial charge in [-0.3, -0.25) is 4.79 Å². The molecular weight excluding hydrogens is 210 g/mol. The van der Waals surface area contributed by atoms with E-state index in [1.165, 1.54) is 6.42 Å². The lowest BCUT2D eigenvalue weighted by atomic mass is 9.92. The third-order valence-electron chi connectivity index (χ3n) is 3.28. The molecule has 1 aromatic carbocycles. The molecule has 2 nitrogen and oxygen atoms in total. The van der Waals surface area contributed by atoms with Crippen molar-refractivity contribution in [1.29, 1.82) is 0 Å². The fraction of sp³-hybridized carbons (Fsp3) is 0.400. The zero-order valence-corrected chi connectivity index (χ0v) is 10.1. The summed E-state index contributed by atoms with van der Waals surface area (Å²) in [7, 11) is 0. The number of carbonyl (C=O) groups is 1. The van der Waals surface area contributed by atoms with Gasteiger partial charge in [0.2, 0.25) is 0 Å². The molecule has 2 heteroatoms. The molecule has 0 aromatic heterocycles. The highest BCUT2D eigenvalue weighted by atomic mass is 16.1. The first-order valence-corrected chi connectivity index (χ1v) is 6.30. The van der Waals surface area contributed by atoms with E-state index in [1.54, 1.807) is 0 Å². The maximum absolute atomic E-state index is 12.0. The maximum Gasteiger partial charge on any atom is 0.160 e. The molecule has 0 radical (unpaired) electrons. The van der Waals surface area contributed by atoms with Crippen LogP contribution in [0.25, 0.3) is 0 Å². The number of rotatable bonds is 4. The molecule has 0 spiro atoms. The molecule has 0 bridgehead atoms. The average Bonchev–Trinajstić information content (AvgIpc) is 2.40. The van der Waals surface area contributed by atoms with Crippen LogP contribution >= 0.6 is 0 Å². The molecule has 0 aliphatic heterocycles. The Morgan fingerprint density at radius 1 is 1.24 bits per heavy atom. The molecule has 2 rings (SSSR count). The minimum absolute atomic E-state index is 0.175.